The molecule has 0 radical (unpaired) electrons. The van der Waals surface area contributed by atoms with Gasteiger partial charge < -0.3 is 10.1 Å². The van der Waals surface area contributed by atoms with Crippen LogP contribution in [0.1, 0.15) is 21.5 Å². The number of pyridine rings is 1. The zero-order valence-electron chi connectivity index (χ0n) is 12.7. The molecule has 24 heavy (non-hydrogen) atoms. The first-order chi connectivity index (χ1) is 11.2. The summed E-state index contributed by atoms with van der Waals surface area (Å²) in [5, 5.41) is 2.62. The second kappa shape index (κ2) is 7.29. The summed E-state index contributed by atoms with van der Waals surface area (Å²) in [6.07, 6.45) is -3.33. The Bertz CT molecular complexity index is 715. The maximum Gasteiger partial charge on any atom is 0.422 e. The zero-order chi connectivity index (χ0) is 17.7. The molecule has 1 aromatic heterocycles. The van der Waals surface area contributed by atoms with Crippen molar-refractivity contribution < 1.29 is 27.1 Å². The molecule has 0 saturated heterocycles. The van der Waals surface area contributed by atoms with Crippen molar-refractivity contribution in [1.29, 1.82) is 0 Å². The van der Waals surface area contributed by atoms with Gasteiger partial charge in [0.15, 0.2) is 6.61 Å². The molecule has 1 heterocycles. The summed E-state index contributed by atoms with van der Waals surface area (Å²) in [4.78, 5) is 15.6. The molecule has 0 atom stereocenters. The SMILES string of the molecule is Cc1cc(CNC(=O)c2ccc(OCC(F)(F)F)nc2)ccc1F. The summed E-state index contributed by atoms with van der Waals surface area (Å²) in [7, 11) is 0. The van der Waals surface area contributed by atoms with Gasteiger partial charge in [0.1, 0.15) is 5.82 Å². The predicted octanol–water partition coefficient (Wildman–Crippen LogP) is 3.40. The molecule has 2 rings (SSSR count). The van der Waals surface area contributed by atoms with E-state index in [0.29, 0.717) is 5.56 Å². The number of alkyl halides is 3. The Morgan fingerprint density at radius 1 is 1.25 bits per heavy atom. The van der Waals surface area contributed by atoms with E-state index in [4.69, 9.17) is 0 Å². The monoisotopic (exact) mass is 342 g/mol. The van der Waals surface area contributed by atoms with Crippen LogP contribution in [0.25, 0.3) is 0 Å². The molecule has 1 amide bonds. The van der Waals surface area contributed by atoms with Gasteiger partial charge in [-0.3, -0.25) is 4.79 Å². The lowest BCUT2D eigenvalue weighted by Crippen LogP contribution is -2.23. The van der Waals surface area contributed by atoms with Crippen molar-refractivity contribution in [2.45, 2.75) is 19.6 Å². The Morgan fingerprint density at radius 3 is 2.58 bits per heavy atom. The molecule has 1 aromatic carbocycles. The fourth-order valence-corrected chi connectivity index (χ4v) is 1.86. The lowest BCUT2D eigenvalue weighted by atomic mass is 10.1. The van der Waals surface area contributed by atoms with E-state index >= 15 is 0 Å². The van der Waals surface area contributed by atoms with Gasteiger partial charge >= 0.3 is 6.18 Å². The Kier molecular flexibility index (Phi) is 5.38. The molecular formula is C16H14F4N2O2. The topological polar surface area (TPSA) is 51.2 Å². The molecule has 4 nitrogen and oxygen atoms in total. The van der Waals surface area contributed by atoms with Gasteiger partial charge in [0, 0.05) is 18.8 Å². The van der Waals surface area contributed by atoms with E-state index in [1.165, 1.54) is 18.2 Å². The van der Waals surface area contributed by atoms with Gasteiger partial charge in [0.2, 0.25) is 5.88 Å². The molecule has 0 aliphatic rings. The van der Waals surface area contributed by atoms with Crippen LogP contribution in [0.4, 0.5) is 17.6 Å². The Morgan fingerprint density at radius 2 is 2.00 bits per heavy atom. The Hall–Kier alpha value is -2.64. The number of hydrogen-bond acceptors (Lipinski definition) is 3. The molecule has 0 spiro atoms. The molecule has 0 aliphatic heterocycles. The van der Waals surface area contributed by atoms with Crippen LogP contribution in [-0.4, -0.2) is 23.7 Å². The van der Waals surface area contributed by atoms with Crippen LogP contribution < -0.4 is 10.1 Å². The number of rotatable bonds is 5. The quantitative estimate of drug-likeness (QED) is 0.848. The second-order valence-corrected chi connectivity index (χ2v) is 5.06. The van der Waals surface area contributed by atoms with Crippen LogP contribution in [0.3, 0.4) is 0 Å². The molecule has 0 aliphatic carbocycles. The van der Waals surface area contributed by atoms with Crippen LogP contribution in [0.5, 0.6) is 5.88 Å². The van der Waals surface area contributed by atoms with E-state index in [1.807, 2.05) is 0 Å². The highest BCUT2D eigenvalue weighted by atomic mass is 19.4. The number of halogens is 4. The molecule has 0 saturated carbocycles. The van der Waals surface area contributed by atoms with E-state index < -0.39 is 18.7 Å². The van der Waals surface area contributed by atoms with E-state index in [2.05, 4.69) is 15.0 Å². The van der Waals surface area contributed by atoms with Crippen molar-refractivity contribution in [3.05, 3.63) is 59.0 Å². The number of amides is 1. The van der Waals surface area contributed by atoms with Crippen molar-refractivity contribution >= 4 is 5.91 Å². The van der Waals surface area contributed by atoms with E-state index in [1.54, 1.807) is 19.1 Å². The fraction of sp³-hybridized carbons (Fsp3) is 0.250. The molecule has 1 N–H and O–H groups in total. The largest absolute Gasteiger partial charge is 0.468 e. The third kappa shape index (κ3) is 5.22. The minimum Gasteiger partial charge on any atom is -0.468 e. The van der Waals surface area contributed by atoms with Crippen molar-refractivity contribution in [3.8, 4) is 5.88 Å². The number of aryl methyl sites for hydroxylation is 1. The fourth-order valence-electron chi connectivity index (χ4n) is 1.86. The number of ether oxygens (including phenoxy) is 1. The average molecular weight is 342 g/mol. The minimum atomic E-state index is -4.45. The van der Waals surface area contributed by atoms with E-state index in [0.717, 1.165) is 11.8 Å². The number of aromatic nitrogens is 1. The first-order valence-corrected chi connectivity index (χ1v) is 6.93. The summed E-state index contributed by atoms with van der Waals surface area (Å²) >= 11 is 0. The summed E-state index contributed by atoms with van der Waals surface area (Å²) in [5.41, 5.74) is 1.36. The highest BCUT2D eigenvalue weighted by molar-refractivity contribution is 5.93. The smallest absolute Gasteiger partial charge is 0.422 e. The molecule has 128 valence electrons. The lowest BCUT2D eigenvalue weighted by Gasteiger charge is -2.09. The van der Waals surface area contributed by atoms with Crippen LogP contribution in [-0.2, 0) is 6.54 Å². The first-order valence-electron chi connectivity index (χ1n) is 6.93. The van der Waals surface area contributed by atoms with Gasteiger partial charge in [-0.2, -0.15) is 13.2 Å². The number of carbonyl (C=O) groups is 1. The highest BCUT2D eigenvalue weighted by Gasteiger charge is 2.28. The molecule has 0 fully saturated rings. The number of nitrogens with zero attached hydrogens (tertiary/aromatic N) is 1. The normalized spacial score (nSPS) is 11.2. The van der Waals surface area contributed by atoms with Gasteiger partial charge in [-0.15, -0.1) is 0 Å². The summed E-state index contributed by atoms with van der Waals surface area (Å²) in [5.74, 6) is -1.01. The van der Waals surface area contributed by atoms with Crippen LogP contribution in [0, 0.1) is 12.7 Å². The number of carbonyl (C=O) groups excluding carboxylic acids is 1. The third-order valence-electron chi connectivity index (χ3n) is 3.06. The summed E-state index contributed by atoms with van der Waals surface area (Å²) in [6.45, 7) is 0.353. The third-order valence-corrected chi connectivity index (χ3v) is 3.06. The Balaban J connectivity index is 1.91. The van der Waals surface area contributed by atoms with Gasteiger partial charge in [-0.1, -0.05) is 12.1 Å². The van der Waals surface area contributed by atoms with Gasteiger partial charge in [-0.25, -0.2) is 9.37 Å². The molecule has 2 aromatic rings. The van der Waals surface area contributed by atoms with Crippen molar-refractivity contribution in [3.63, 3.8) is 0 Å². The minimum absolute atomic E-state index is 0.174. The molecule has 0 unspecified atom stereocenters. The highest BCUT2D eigenvalue weighted by Crippen LogP contribution is 2.17. The van der Waals surface area contributed by atoms with Gasteiger partial charge in [0.05, 0.1) is 5.56 Å². The molecular weight excluding hydrogens is 328 g/mol. The maximum absolute atomic E-state index is 13.2. The van der Waals surface area contributed by atoms with Crippen LogP contribution in [0.2, 0.25) is 0 Å². The van der Waals surface area contributed by atoms with Crippen molar-refractivity contribution in [1.82, 2.24) is 10.3 Å². The molecule has 8 heteroatoms. The van der Waals surface area contributed by atoms with Crippen molar-refractivity contribution in [2.75, 3.05) is 6.61 Å². The standard InChI is InChI=1S/C16H14F4N2O2/c1-10-6-11(2-4-13(10)17)7-22-15(23)12-3-5-14(21-8-12)24-9-16(18,19)20/h2-6,8H,7,9H2,1H3,(H,22,23). The average Bonchev–Trinajstić information content (AvgIpc) is 2.53. The van der Waals surface area contributed by atoms with Crippen LogP contribution >= 0.6 is 0 Å². The second-order valence-electron chi connectivity index (χ2n) is 5.06. The lowest BCUT2D eigenvalue weighted by molar-refractivity contribution is -0.154. The first kappa shape index (κ1) is 17.7. The van der Waals surface area contributed by atoms with Gasteiger partial charge in [-0.05, 0) is 30.2 Å². The van der Waals surface area contributed by atoms with E-state index in [9.17, 15) is 22.4 Å². The number of nitrogens with one attached hydrogen (secondary N) is 1. The Labute approximate surface area is 135 Å². The molecule has 0 bridgehead atoms. The van der Waals surface area contributed by atoms with Gasteiger partial charge in [0.25, 0.3) is 5.91 Å². The van der Waals surface area contributed by atoms with Crippen molar-refractivity contribution in [2.24, 2.45) is 0 Å². The maximum atomic E-state index is 13.2. The summed E-state index contributed by atoms with van der Waals surface area (Å²) in [6, 6.07) is 6.97. The number of hydrogen-bond donors (Lipinski definition) is 1. The summed E-state index contributed by atoms with van der Waals surface area (Å²) < 4.78 is 53.7. The van der Waals surface area contributed by atoms with E-state index in [-0.39, 0.29) is 23.8 Å². The number of benzene rings is 1. The predicted molar refractivity (Wildman–Crippen MR) is 78.1 cm³/mol. The van der Waals surface area contributed by atoms with Crippen LogP contribution in [0.15, 0.2) is 36.5 Å². The zero-order valence-corrected chi connectivity index (χ0v) is 12.7.